The third-order valence-electron chi connectivity index (χ3n) is 3.09. The van der Waals surface area contributed by atoms with Crippen LogP contribution in [0.4, 0.5) is 11.8 Å². The molecule has 1 aromatic rings. The van der Waals surface area contributed by atoms with E-state index in [-0.39, 0.29) is 5.91 Å². The average Bonchev–Trinajstić information content (AvgIpc) is 2.93. The second kappa shape index (κ2) is 6.92. The van der Waals surface area contributed by atoms with Crippen LogP contribution in [0, 0.1) is 0 Å². The van der Waals surface area contributed by atoms with Gasteiger partial charge in [0.25, 0.3) is 0 Å². The van der Waals surface area contributed by atoms with Crippen LogP contribution in [0.1, 0.15) is 26.2 Å². The lowest BCUT2D eigenvalue weighted by molar-refractivity contribution is -0.129. The normalized spacial score (nSPS) is 14.5. The molecule has 0 radical (unpaired) electrons. The molecule has 1 aliphatic rings. The molecule has 1 aromatic heterocycles. The molecule has 2 rings (SSSR count). The number of rotatable bonds is 6. The van der Waals surface area contributed by atoms with Gasteiger partial charge in [-0.25, -0.2) is 4.98 Å². The van der Waals surface area contributed by atoms with Crippen LogP contribution in [0.25, 0.3) is 0 Å². The van der Waals surface area contributed by atoms with Crippen molar-refractivity contribution < 1.29 is 4.79 Å². The topological polar surface area (TPSA) is 70.2 Å². The predicted molar refractivity (Wildman–Crippen MR) is 75.1 cm³/mol. The van der Waals surface area contributed by atoms with Crippen LogP contribution in [0.3, 0.4) is 0 Å². The second-order valence-corrected chi connectivity index (χ2v) is 4.56. The molecule has 0 saturated carbocycles. The highest BCUT2D eigenvalue weighted by Crippen LogP contribution is 2.09. The minimum atomic E-state index is 0.228. The lowest BCUT2D eigenvalue weighted by Crippen LogP contribution is -2.29. The summed E-state index contributed by atoms with van der Waals surface area (Å²) < 4.78 is 0. The first-order valence-electron chi connectivity index (χ1n) is 6.88. The zero-order chi connectivity index (χ0) is 13.5. The van der Waals surface area contributed by atoms with Gasteiger partial charge in [-0.15, -0.1) is 0 Å². The van der Waals surface area contributed by atoms with E-state index in [4.69, 9.17) is 0 Å². The molecule has 1 fully saturated rings. The highest BCUT2D eigenvalue weighted by Gasteiger charge is 2.16. The van der Waals surface area contributed by atoms with Crippen molar-refractivity contribution >= 4 is 17.7 Å². The lowest BCUT2D eigenvalue weighted by Gasteiger charge is -2.15. The maximum Gasteiger partial charge on any atom is 0.224 e. The summed E-state index contributed by atoms with van der Waals surface area (Å²) in [5.74, 6) is 1.59. The Morgan fingerprint density at radius 3 is 2.89 bits per heavy atom. The maximum absolute atomic E-state index is 11.8. The Labute approximate surface area is 113 Å². The SMILES string of the molecule is CCNc1nccc(NCCC(=O)N2CCCC2)n1. The smallest absolute Gasteiger partial charge is 0.224 e. The number of anilines is 2. The van der Waals surface area contributed by atoms with E-state index >= 15 is 0 Å². The molecule has 104 valence electrons. The Morgan fingerprint density at radius 1 is 1.37 bits per heavy atom. The van der Waals surface area contributed by atoms with Crippen molar-refractivity contribution in [3.05, 3.63) is 12.3 Å². The van der Waals surface area contributed by atoms with Crippen LogP contribution >= 0.6 is 0 Å². The number of amides is 1. The number of nitrogens with zero attached hydrogens (tertiary/aromatic N) is 3. The number of carbonyl (C=O) groups is 1. The van der Waals surface area contributed by atoms with Gasteiger partial charge in [0.05, 0.1) is 0 Å². The van der Waals surface area contributed by atoms with Gasteiger partial charge >= 0.3 is 0 Å². The molecular weight excluding hydrogens is 242 g/mol. The van der Waals surface area contributed by atoms with Gasteiger partial charge in [0, 0.05) is 38.8 Å². The standard InChI is InChI=1S/C13H21N5O/c1-2-14-13-16-7-5-11(17-13)15-8-6-12(19)18-9-3-4-10-18/h5,7H,2-4,6,8-10H2,1H3,(H2,14,15,16,17). The highest BCUT2D eigenvalue weighted by molar-refractivity contribution is 5.76. The first kappa shape index (κ1) is 13.6. The van der Waals surface area contributed by atoms with Crippen LogP contribution in [0.15, 0.2) is 12.3 Å². The molecular formula is C13H21N5O. The number of carbonyl (C=O) groups excluding carboxylic acids is 1. The van der Waals surface area contributed by atoms with E-state index in [2.05, 4.69) is 20.6 Å². The van der Waals surface area contributed by atoms with Crippen LogP contribution in [0.2, 0.25) is 0 Å². The van der Waals surface area contributed by atoms with Crippen molar-refractivity contribution in [2.45, 2.75) is 26.2 Å². The molecule has 0 bridgehead atoms. The Balaban J connectivity index is 1.75. The fourth-order valence-electron chi connectivity index (χ4n) is 2.12. The minimum absolute atomic E-state index is 0.228. The minimum Gasteiger partial charge on any atom is -0.369 e. The van der Waals surface area contributed by atoms with Crippen molar-refractivity contribution in [1.82, 2.24) is 14.9 Å². The molecule has 1 aliphatic heterocycles. The summed E-state index contributed by atoms with van der Waals surface area (Å²) in [7, 11) is 0. The zero-order valence-electron chi connectivity index (χ0n) is 11.4. The Kier molecular flexibility index (Phi) is 4.94. The van der Waals surface area contributed by atoms with E-state index in [0.29, 0.717) is 18.9 Å². The van der Waals surface area contributed by atoms with Crippen LogP contribution in [-0.4, -0.2) is 47.0 Å². The van der Waals surface area contributed by atoms with Gasteiger partial charge in [-0.3, -0.25) is 4.79 Å². The van der Waals surface area contributed by atoms with Crippen LogP contribution in [-0.2, 0) is 4.79 Å². The van der Waals surface area contributed by atoms with E-state index in [1.54, 1.807) is 12.3 Å². The molecule has 0 atom stereocenters. The predicted octanol–water partition coefficient (Wildman–Crippen LogP) is 1.33. The summed E-state index contributed by atoms with van der Waals surface area (Å²) >= 11 is 0. The molecule has 0 unspecified atom stereocenters. The summed E-state index contributed by atoms with van der Waals surface area (Å²) in [5.41, 5.74) is 0. The molecule has 2 N–H and O–H groups in total. The average molecular weight is 263 g/mol. The molecule has 0 spiro atoms. The van der Waals surface area contributed by atoms with E-state index in [1.807, 2.05) is 11.8 Å². The van der Waals surface area contributed by atoms with Gasteiger partial charge in [-0.1, -0.05) is 0 Å². The van der Waals surface area contributed by atoms with Gasteiger partial charge in [0.15, 0.2) is 0 Å². The summed E-state index contributed by atoms with van der Waals surface area (Å²) in [6, 6.07) is 1.81. The first-order valence-corrected chi connectivity index (χ1v) is 6.88. The molecule has 2 heterocycles. The van der Waals surface area contributed by atoms with E-state index in [0.717, 1.165) is 38.3 Å². The van der Waals surface area contributed by atoms with E-state index < -0.39 is 0 Å². The molecule has 1 saturated heterocycles. The van der Waals surface area contributed by atoms with Crippen LogP contribution in [0.5, 0.6) is 0 Å². The quantitative estimate of drug-likeness (QED) is 0.810. The second-order valence-electron chi connectivity index (χ2n) is 4.56. The molecule has 0 aromatic carbocycles. The fourth-order valence-corrected chi connectivity index (χ4v) is 2.12. The zero-order valence-corrected chi connectivity index (χ0v) is 11.4. The largest absolute Gasteiger partial charge is 0.369 e. The molecule has 6 nitrogen and oxygen atoms in total. The Morgan fingerprint density at radius 2 is 2.16 bits per heavy atom. The number of aromatic nitrogens is 2. The number of nitrogens with one attached hydrogen (secondary N) is 2. The van der Waals surface area contributed by atoms with Gasteiger partial charge in [-0.2, -0.15) is 4.98 Å². The summed E-state index contributed by atoms with van der Waals surface area (Å²) in [5, 5.41) is 6.21. The highest BCUT2D eigenvalue weighted by atomic mass is 16.2. The van der Waals surface area contributed by atoms with Crippen molar-refractivity contribution in [2.75, 3.05) is 36.8 Å². The van der Waals surface area contributed by atoms with Gasteiger partial charge < -0.3 is 15.5 Å². The van der Waals surface area contributed by atoms with Crippen molar-refractivity contribution in [2.24, 2.45) is 0 Å². The Bertz CT molecular complexity index is 417. The molecule has 6 heteroatoms. The number of hydrogen-bond donors (Lipinski definition) is 2. The molecule has 19 heavy (non-hydrogen) atoms. The van der Waals surface area contributed by atoms with Crippen molar-refractivity contribution in [3.8, 4) is 0 Å². The number of likely N-dealkylation sites (tertiary alicyclic amines) is 1. The van der Waals surface area contributed by atoms with Crippen molar-refractivity contribution in [1.29, 1.82) is 0 Å². The number of hydrogen-bond acceptors (Lipinski definition) is 5. The van der Waals surface area contributed by atoms with Crippen LogP contribution < -0.4 is 10.6 Å². The van der Waals surface area contributed by atoms with E-state index in [9.17, 15) is 4.79 Å². The molecule has 0 aliphatic carbocycles. The van der Waals surface area contributed by atoms with E-state index in [1.165, 1.54) is 0 Å². The summed E-state index contributed by atoms with van der Waals surface area (Å²) in [4.78, 5) is 22.2. The Hall–Kier alpha value is -1.85. The summed E-state index contributed by atoms with van der Waals surface area (Å²) in [6.45, 7) is 5.22. The fraction of sp³-hybridized carbons (Fsp3) is 0.615. The van der Waals surface area contributed by atoms with Gasteiger partial charge in [0.2, 0.25) is 11.9 Å². The first-order chi connectivity index (χ1) is 9.29. The van der Waals surface area contributed by atoms with Crippen molar-refractivity contribution in [3.63, 3.8) is 0 Å². The van der Waals surface area contributed by atoms with Gasteiger partial charge in [0.1, 0.15) is 5.82 Å². The van der Waals surface area contributed by atoms with Gasteiger partial charge in [-0.05, 0) is 25.8 Å². The monoisotopic (exact) mass is 263 g/mol. The third kappa shape index (κ3) is 4.08. The maximum atomic E-state index is 11.8. The summed E-state index contributed by atoms with van der Waals surface area (Å²) in [6.07, 6.45) is 4.49. The molecule has 1 amide bonds. The lowest BCUT2D eigenvalue weighted by atomic mass is 10.3. The third-order valence-corrected chi connectivity index (χ3v) is 3.09.